The van der Waals surface area contributed by atoms with Crippen LogP contribution in [-0.4, -0.2) is 23.2 Å². The van der Waals surface area contributed by atoms with Gasteiger partial charge in [0.25, 0.3) is 11.6 Å². The first kappa shape index (κ1) is 26.6. The van der Waals surface area contributed by atoms with Crippen molar-refractivity contribution in [1.29, 1.82) is 5.26 Å². The lowest BCUT2D eigenvalue weighted by Gasteiger charge is -2.31. The molecule has 1 amide bonds. The van der Waals surface area contributed by atoms with Gasteiger partial charge in [0.1, 0.15) is 11.6 Å². The molecule has 182 valence electrons. The van der Waals surface area contributed by atoms with E-state index in [1.54, 1.807) is 0 Å². The van der Waals surface area contributed by atoms with Crippen molar-refractivity contribution >= 4 is 17.3 Å². The molecule has 0 fully saturated rings. The Balaban J connectivity index is 2.69. The van der Waals surface area contributed by atoms with Gasteiger partial charge in [-0.1, -0.05) is 19.9 Å². The lowest BCUT2D eigenvalue weighted by Crippen LogP contribution is -2.50. The average molecular weight is 491 g/mol. The lowest BCUT2D eigenvalue weighted by atomic mass is 9.88. The number of hydrogen-bond acceptors (Lipinski definition) is 4. The number of alkyl halides is 7. The predicted octanol–water partition coefficient (Wildman–Crippen LogP) is 6.13. The van der Waals surface area contributed by atoms with E-state index in [4.69, 9.17) is 0 Å². The Hall–Kier alpha value is -3.69. The first-order valence-corrected chi connectivity index (χ1v) is 9.61. The van der Waals surface area contributed by atoms with Gasteiger partial charge in [0.05, 0.1) is 10.5 Å². The van der Waals surface area contributed by atoms with Gasteiger partial charge in [-0.15, -0.1) is 0 Å². The highest BCUT2D eigenvalue weighted by Crippen LogP contribution is 2.54. The summed E-state index contributed by atoms with van der Waals surface area (Å²) in [4.78, 5) is 23.0. The molecule has 0 aliphatic carbocycles. The van der Waals surface area contributed by atoms with Crippen LogP contribution in [0.3, 0.4) is 0 Å². The third-order valence-corrected chi connectivity index (χ3v) is 5.08. The van der Waals surface area contributed by atoms with Crippen molar-refractivity contribution in [3.05, 3.63) is 68.3 Å². The molecule has 34 heavy (non-hydrogen) atoms. The number of hydrogen-bond donors (Lipinski definition) is 1. The number of nitro benzene ring substituents is 1. The van der Waals surface area contributed by atoms with Crippen LogP contribution in [0.1, 0.15) is 46.5 Å². The van der Waals surface area contributed by atoms with E-state index in [1.807, 2.05) is 0 Å². The van der Waals surface area contributed by atoms with Crippen LogP contribution in [0.5, 0.6) is 0 Å². The smallest absolute Gasteiger partial charge is 0.321 e. The molecule has 13 heteroatoms. The van der Waals surface area contributed by atoms with Gasteiger partial charge >= 0.3 is 18.0 Å². The Bertz CT molecular complexity index is 1130. The quantitative estimate of drug-likeness (QED) is 0.299. The number of carbonyl (C=O) groups is 1. The van der Waals surface area contributed by atoms with E-state index in [0.29, 0.717) is 12.1 Å². The molecule has 0 spiro atoms. The maximum atomic E-state index is 14.6. The number of halogens is 7. The molecule has 0 heterocycles. The van der Waals surface area contributed by atoms with Gasteiger partial charge in [-0.2, -0.15) is 31.6 Å². The highest BCUT2D eigenvalue weighted by Gasteiger charge is 2.73. The summed E-state index contributed by atoms with van der Waals surface area (Å²) in [7, 11) is 0. The SMILES string of the molecule is CCc1cc(C(F)(C(F)(F)F)C(F)(F)F)cc(CC)c1NC(=O)c1cccc([N+](=O)[O-])c1C#N. The van der Waals surface area contributed by atoms with Gasteiger partial charge < -0.3 is 5.32 Å². The van der Waals surface area contributed by atoms with Crippen molar-refractivity contribution in [2.75, 3.05) is 5.32 Å². The summed E-state index contributed by atoms with van der Waals surface area (Å²) in [6.07, 6.45) is -13.0. The van der Waals surface area contributed by atoms with Gasteiger partial charge in [-0.05, 0) is 42.2 Å². The third kappa shape index (κ3) is 4.52. The van der Waals surface area contributed by atoms with E-state index in [2.05, 4.69) is 5.32 Å². The summed E-state index contributed by atoms with van der Waals surface area (Å²) in [5, 5.41) is 22.7. The fourth-order valence-corrected chi connectivity index (χ4v) is 3.35. The van der Waals surface area contributed by atoms with Crippen molar-refractivity contribution in [1.82, 2.24) is 0 Å². The molecule has 2 aromatic carbocycles. The molecule has 0 unspecified atom stereocenters. The van der Waals surface area contributed by atoms with Crippen LogP contribution in [0.15, 0.2) is 30.3 Å². The molecule has 0 aromatic heterocycles. The number of aryl methyl sites for hydroxylation is 2. The molecule has 6 nitrogen and oxygen atoms in total. The normalized spacial score (nSPS) is 12.2. The number of nitrogens with zero attached hydrogens (tertiary/aromatic N) is 2. The highest BCUT2D eigenvalue weighted by atomic mass is 19.4. The van der Waals surface area contributed by atoms with Crippen LogP contribution < -0.4 is 5.32 Å². The van der Waals surface area contributed by atoms with E-state index >= 15 is 0 Å². The summed E-state index contributed by atoms with van der Waals surface area (Å²) in [6, 6.07) is 5.47. The zero-order valence-electron chi connectivity index (χ0n) is 17.6. The van der Waals surface area contributed by atoms with Crippen LogP contribution in [-0.2, 0) is 18.5 Å². The number of nitrogens with one attached hydrogen (secondary N) is 1. The van der Waals surface area contributed by atoms with Crippen LogP contribution in [0, 0.1) is 21.4 Å². The van der Waals surface area contributed by atoms with Crippen LogP contribution in [0.4, 0.5) is 42.1 Å². The average Bonchev–Trinajstić information content (AvgIpc) is 2.75. The molecule has 2 aromatic rings. The summed E-state index contributed by atoms with van der Waals surface area (Å²) < 4.78 is 94.0. The number of carbonyl (C=O) groups excluding carboxylic acids is 1. The minimum absolute atomic E-state index is 0.180. The fraction of sp³-hybridized carbons (Fsp3) is 0.333. The third-order valence-electron chi connectivity index (χ3n) is 5.08. The molecule has 0 bridgehead atoms. The van der Waals surface area contributed by atoms with Gasteiger partial charge in [0.15, 0.2) is 0 Å². The molecule has 0 radical (unpaired) electrons. The van der Waals surface area contributed by atoms with E-state index in [9.17, 15) is 50.9 Å². The van der Waals surface area contributed by atoms with Crippen molar-refractivity contribution in [3.8, 4) is 6.07 Å². The Morgan fingerprint density at radius 1 is 1.03 bits per heavy atom. The number of nitriles is 1. The topological polar surface area (TPSA) is 96.0 Å². The second-order valence-electron chi connectivity index (χ2n) is 7.05. The Kier molecular flexibility index (Phi) is 7.25. The Morgan fingerprint density at radius 2 is 1.53 bits per heavy atom. The zero-order chi connectivity index (χ0) is 26.1. The molecule has 0 saturated heterocycles. The second kappa shape index (κ2) is 9.28. The van der Waals surface area contributed by atoms with Crippen molar-refractivity contribution < 1.29 is 40.5 Å². The molecule has 0 saturated carbocycles. The van der Waals surface area contributed by atoms with Gasteiger partial charge in [-0.25, -0.2) is 4.39 Å². The summed E-state index contributed by atoms with van der Waals surface area (Å²) in [6.45, 7) is 2.73. The maximum absolute atomic E-state index is 14.6. The van der Waals surface area contributed by atoms with Crippen molar-refractivity contribution in [2.24, 2.45) is 0 Å². The van der Waals surface area contributed by atoms with E-state index in [-0.39, 0.29) is 29.7 Å². The number of rotatable bonds is 6. The van der Waals surface area contributed by atoms with Crippen LogP contribution in [0.2, 0.25) is 0 Å². The van der Waals surface area contributed by atoms with E-state index in [0.717, 1.165) is 18.2 Å². The summed E-state index contributed by atoms with van der Waals surface area (Å²) in [5.74, 6) is -1.06. The number of nitro groups is 1. The fourth-order valence-electron chi connectivity index (χ4n) is 3.35. The minimum atomic E-state index is -6.31. The molecule has 0 atom stereocenters. The van der Waals surface area contributed by atoms with E-state index in [1.165, 1.54) is 19.9 Å². The highest BCUT2D eigenvalue weighted by molar-refractivity contribution is 6.07. The number of amides is 1. The molecule has 2 rings (SSSR count). The number of benzene rings is 2. The molecule has 1 N–H and O–H groups in total. The van der Waals surface area contributed by atoms with Gasteiger partial charge in [-0.3, -0.25) is 14.9 Å². The Morgan fingerprint density at radius 3 is 1.91 bits per heavy atom. The van der Waals surface area contributed by atoms with Crippen molar-refractivity contribution in [3.63, 3.8) is 0 Å². The monoisotopic (exact) mass is 491 g/mol. The largest absolute Gasteiger partial charge is 0.435 e. The molecule has 0 aliphatic rings. The van der Waals surface area contributed by atoms with Crippen molar-refractivity contribution in [2.45, 2.75) is 44.7 Å². The van der Waals surface area contributed by atoms with E-state index < -0.39 is 51.2 Å². The van der Waals surface area contributed by atoms with Gasteiger partial charge in [0, 0.05) is 17.3 Å². The van der Waals surface area contributed by atoms with Crippen LogP contribution in [0.25, 0.3) is 0 Å². The first-order valence-electron chi connectivity index (χ1n) is 9.61. The first-order chi connectivity index (χ1) is 15.6. The summed E-state index contributed by atoms with van der Waals surface area (Å²) >= 11 is 0. The molecular formula is C21H16F7N3O3. The molecule has 0 aliphatic heterocycles. The summed E-state index contributed by atoms with van der Waals surface area (Å²) in [5.41, 5.74) is -9.68. The van der Waals surface area contributed by atoms with Crippen LogP contribution >= 0.6 is 0 Å². The lowest BCUT2D eigenvalue weighted by molar-refractivity contribution is -0.385. The number of anilines is 1. The zero-order valence-corrected chi connectivity index (χ0v) is 17.6. The Labute approximate surface area is 188 Å². The standard InChI is InChI=1S/C21H16F7N3O3/c1-3-11-8-13(19(22,20(23,24)25)21(26,27)28)9-12(4-2)17(11)30-18(32)14-6-5-7-16(31(33)34)15(14)10-29/h5-9H,3-4H2,1-2H3,(H,30,32). The molecular weight excluding hydrogens is 475 g/mol. The maximum Gasteiger partial charge on any atom is 0.435 e. The predicted molar refractivity (Wildman–Crippen MR) is 106 cm³/mol. The van der Waals surface area contributed by atoms with Gasteiger partial charge in [0.2, 0.25) is 0 Å². The second-order valence-corrected chi connectivity index (χ2v) is 7.05. The minimum Gasteiger partial charge on any atom is -0.321 e.